The summed E-state index contributed by atoms with van der Waals surface area (Å²) in [6.45, 7) is 6.35. The molecule has 1 fully saturated rings. The van der Waals surface area contributed by atoms with E-state index in [0.717, 1.165) is 50.5 Å². The number of hydrogen-bond acceptors (Lipinski definition) is 4. The molecule has 0 radical (unpaired) electrons. The molecule has 1 aliphatic heterocycles. The quantitative estimate of drug-likeness (QED) is 0.391. The minimum absolute atomic E-state index is 0.0923. The average molecular weight is 447 g/mol. The molecule has 0 aliphatic carbocycles. The molecule has 5 heterocycles. The van der Waals surface area contributed by atoms with Gasteiger partial charge in [0.1, 0.15) is 11.2 Å². The van der Waals surface area contributed by atoms with Crippen LogP contribution in [0.3, 0.4) is 0 Å². The molecule has 0 saturated carbocycles. The molecular weight excluding hydrogens is 422 g/mol. The summed E-state index contributed by atoms with van der Waals surface area (Å²) in [6.07, 6.45) is 8.99. The van der Waals surface area contributed by atoms with E-state index < -0.39 is 5.92 Å². The zero-order valence-corrected chi connectivity index (χ0v) is 18.3. The van der Waals surface area contributed by atoms with E-state index >= 15 is 0 Å². The lowest BCUT2D eigenvalue weighted by Crippen LogP contribution is -2.24. The number of likely N-dealkylation sites (tertiary alicyclic amines) is 1. The van der Waals surface area contributed by atoms with Gasteiger partial charge < -0.3 is 4.98 Å². The van der Waals surface area contributed by atoms with Crippen molar-refractivity contribution >= 4 is 17.1 Å². The zero-order valence-electron chi connectivity index (χ0n) is 18.3. The number of pyridine rings is 2. The highest BCUT2D eigenvalue weighted by Gasteiger charge is 2.37. The molecule has 33 heavy (non-hydrogen) atoms. The Bertz CT molecular complexity index is 1350. The van der Waals surface area contributed by atoms with E-state index in [0.29, 0.717) is 13.1 Å². The largest absolute Gasteiger partial charge is 0.357 e. The normalized spacial score (nSPS) is 16.2. The van der Waals surface area contributed by atoms with Crippen LogP contribution in [0.2, 0.25) is 0 Å². The number of halogens is 2. The van der Waals surface area contributed by atoms with E-state index in [-0.39, 0.29) is 13.0 Å². The lowest BCUT2D eigenvalue weighted by Gasteiger charge is -2.15. The molecule has 0 unspecified atom stereocenters. The standard InChI is InChI=1S/C25H24F2N6/c1-3-4-5-18-11-22(29-16(18)2)24-23-21(31-32-24)7-6-20(30-23)19-10-17(12-28-13-19)14-33-9-8-25(26,27)15-33/h3-7,10-13,29H,1,8-9,14-15H2,2H3,(H,31,32)/b5-4-. The third-order valence-electron chi connectivity index (χ3n) is 5.88. The van der Waals surface area contributed by atoms with Gasteiger partial charge in [-0.2, -0.15) is 5.10 Å². The predicted octanol–water partition coefficient (Wildman–Crippen LogP) is 5.36. The summed E-state index contributed by atoms with van der Waals surface area (Å²) in [5.41, 5.74) is 7.74. The lowest BCUT2D eigenvalue weighted by molar-refractivity contribution is 0.0115. The van der Waals surface area contributed by atoms with Crippen molar-refractivity contribution in [3.8, 4) is 22.6 Å². The maximum absolute atomic E-state index is 13.5. The van der Waals surface area contributed by atoms with Gasteiger partial charge in [-0.25, -0.2) is 13.8 Å². The number of nitrogens with zero attached hydrogens (tertiary/aromatic N) is 4. The first kappa shape index (κ1) is 21.2. The van der Waals surface area contributed by atoms with Crippen LogP contribution in [0.4, 0.5) is 8.78 Å². The average Bonchev–Trinajstić information content (AvgIpc) is 3.48. The first-order chi connectivity index (χ1) is 15.9. The van der Waals surface area contributed by atoms with Crippen molar-refractivity contribution in [1.29, 1.82) is 0 Å². The molecular formula is C25H24F2N6. The molecule has 0 aromatic carbocycles. The maximum Gasteiger partial charge on any atom is 0.261 e. The van der Waals surface area contributed by atoms with Gasteiger partial charge in [-0.3, -0.25) is 15.0 Å². The Morgan fingerprint density at radius 2 is 2.12 bits per heavy atom. The van der Waals surface area contributed by atoms with Crippen molar-refractivity contribution in [2.45, 2.75) is 25.8 Å². The number of nitrogens with one attached hydrogen (secondary N) is 2. The minimum atomic E-state index is -2.60. The molecule has 6 nitrogen and oxygen atoms in total. The lowest BCUT2D eigenvalue weighted by atomic mass is 10.1. The number of aryl methyl sites for hydroxylation is 1. The van der Waals surface area contributed by atoms with Crippen LogP contribution in [0, 0.1) is 6.92 Å². The Labute approximate surface area is 190 Å². The van der Waals surface area contributed by atoms with E-state index in [1.165, 1.54) is 0 Å². The van der Waals surface area contributed by atoms with E-state index in [4.69, 9.17) is 4.98 Å². The summed E-state index contributed by atoms with van der Waals surface area (Å²) in [5.74, 6) is -2.60. The third-order valence-corrected chi connectivity index (χ3v) is 5.88. The van der Waals surface area contributed by atoms with Crippen molar-refractivity contribution in [3.05, 3.63) is 72.2 Å². The van der Waals surface area contributed by atoms with Crippen LogP contribution in [-0.4, -0.2) is 49.1 Å². The van der Waals surface area contributed by atoms with Crippen molar-refractivity contribution in [1.82, 2.24) is 30.0 Å². The van der Waals surface area contributed by atoms with E-state index in [1.54, 1.807) is 23.4 Å². The molecule has 0 atom stereocenters. The number of alkyl halides is 2. The topological polar surface area (TPSA) is 73.5 Å². The second-order valence-electron chi connectivity index (χ2n) is 8.42. The molecule has 8 heteroatoms. The van der Waals surface area contributed by atoms with Crippen molar-refractivity contribution in [3.63, 3.8) is 0 Å². The van der Waals surface area contributed by atoms with Crippen LogP contribution in [0.1, 0.15) is 23.2 Å². The Morgan fingerprint density at radius 3 is 2.91 bits per heavy atom. The van der Waals surface area contributed by atoms with Crippen molar-refractivity contribution in [2.75, 3.05) is 13.1 Å². The Morgan fingerprint density at radius 1 is 1.24 bits per heavy atom. The van der Waals surface area contributed by atoms with Gasteiger partial charge in [-0.1, -0.05) is 24.8 Å². The number of aromatic amines is 2. The molecule has 4 aromatic heterocycles. The summed E-state index contributed by atoms with van der Waals surface area (Å²) in [6, 6.07) is 7.85. The first-order valence-corrected chi connectivity index (χ1v) is 10.8. The van der Waals surface area contributed by atoms with Crippen LogP contribution < -0.4 is 0 Å². The minimum Gasteiger partial charge on any atom is -0.357 e. The molecule has 4 aromatic rings. The second kappa shape index (κ2) is 8.37. The van der Waals surface area contributed by atoms with Gasteiger partial charge in [0.15, 0.2) is 0 Å². The van der Waals surface area contributed by atoms with Crippen LogP contribution in [-0.2, 0) is 6.54 Å². The maximum atomic E-state index is 13.5. The van der Waals surface area contributed by atoms with Gasteiger partial charge in [-0.05, 0) is 42.3 Å². The van der Waals surface area contributed by atoms with E-state index in [1.807, 2.05) is 43.3 Å². The SMILES string of the molecule is C=C/C=C\c1cc(-c2n[nH]c3ccc(-c4cncc(CN5CCC(F)(F)C5)c4)nc23)[nH]c1C. The number of aromatic nitrogens is 5. The number of rotatable bonds is 6. The van der Waals surface area contributed by atoms with Gasteiger partial charge in [0.2, 0.25) is 0 Å². The molecule has 1 saturated heterocycles. The van der Waals surface area contributed by atoms with Gasteiger partial charge in [0.25, 0.3) is 5.92 Å². The Balaban J connectivity index is 1.46. The summed E-state index contributed by atoms with van der Waals surface area (Å²) in [4.78, 5) is 14.3. The summed E-state index contributed by atoms with van der Waals surface area (Å²) in [5, 5.41) is 7.52. The van der Waals surface area contributed by atoms with Crippen LogP contribution >= 0.6 is 0 Å². The van der Waals surface area contributed by atoms with Crippen molar-refractivity contribution < 1.29 is 8.78 Å². The zero-order chi connectivity index (χ0) is 23.0. The summed E-state index contributed by atoms with van der Waals surface area (Å²) < 4.78 is 27.1. The van der Waals surface area contributed by atoms with E-state index in [2.05, 4.69) is 26.7 Å². The first-order valence-electron chi connectivity index (χ1n) is 10.8. The number of H-pyrrole nitrogens is 2. The van der Waals surface area contributed by atoms with Gasteiger partial charge >= 0.3 is 0 Å². The molecule has 168 valence electrons. The Kier molecular flexibility index (Phi) is 5.38. The summed E-state index contributed by atoms with van der Waals surface area (Å²) >= 11 is 0. The Hall–Kier alpha value is -3.65. The van der Waals surface area contributed by atoms with Crippen molar-refractivity contribution in [2.24, 2.45) is 0 Å². The highest BCUT2D eigenvalue weighted by molar-refractivity contribution is 5.90. The smallest absolute Gasteiger partial charge is 0.261 e. The second-order valence-corrected chi connectivity index (χ2v) is 8.42. The van der Waals surface area contributed by atoms with Crippen LogP contribution in [0.15, 0.2) is 55.4 Å². The number of hydrogen-bond donors (Lipinski definition) is 2. The fourth-order valence-electron chi connectivity index (χ4n) is 4.21. The van der Waals surface area contributed by atoms with Gasteiger partial charge in [-0.15, -0.1) is 0 Å². The highest BCUT2D eigenvalue weighted by Crippen LogP contribution is 2.30. The fraction of sp³-hybridized carbons (Fsp3) is 0.240. The monoisotopic (exact) mass is 446 g/mol. The van der Waals surface area contributed by atoms with Gasteiger partial charge in [0, 0.05) is 43.2 Å². The molecule has 5 rings (SSSR count). The molecule has 2 N–H and O–H groups in total. The predicted molar refractivity (Wildman–Crippen MR) is 126 cm³/mol. The van der Waals surface area contributed by atoms with Gasteiger partial charge in [0.05, 0.1) is 23.4 Å². The van der Waals surface area contributed by atoms with Crippen LogP contribution in [0.25, 0.3) is 39.8 Å². The third kappa shape index (κ3) is 4.34. The fourth-order valence-corrected chi connectivity index (χ4v) is 4.21. The molecule has 0 bridgehead atoms. The molecule has 0 spiro atoms. The highest BCUT2D eigenvalue weighted by atomic mass is 19.3. The van der Waals surface area contributed by atoms with Crippen LogP contribution in [0.5, 0.6) is 0 Å². The summed E-state index contributed by atoms with van der Waals surface area (Å²) in [7, 11) is 0. The van der Waals surface area contributed by atoms with E-state index in [9.17, 15) is 8.78 Å². The number of allylic oxidation sites excluding steroid dienone is 2. The molecule has 1 aliphatic rings. The number of fused-ring (bicyclic) bond motifs is 1. The molecule has 0 amide bonds.